The highest BCUT2D eigenvalue weighted by molar-refractivity contribution is 7.21. The van der Waals surface area contributed by atoms with E-state index in [4.69, 9.17) is 4.74 Å². The molecule has 0 aliphatic carbocycles. The molecule has 0 saturated carbocycles. The molecule has 2 heterocycles. The molecule has 168 valence electrons. The van der Waals surface area contributed by atoms with Crippen LogP contribution in [0.4, 0.5) is 5.69 Å². The van der Waals surface area contributed by atoms with Crippen LogP contribution in [0, 0.1) is 13.8 Å². The molecule has 0 spiro atoms. The Balaban J connectivity index is 1.25. The second-order valence-corrected chi connectivity index (χ2v) is 9.69. The Morgan fingerprint density at radius 1 is 0.970 bits per heavy atom. The number of anilines is 1. The standard InChI is InChI=1S/C24H21N3O4S2/c1-14-3-9-18-20(11-14)33-24(27-18)16-5-7-17(8-6-16)26-21(28)13-31-22(29)12-25-23(30)19-10-4-15(2)32-19/h3-11H,12-13H2,1-2H3,(H,25,30)(H,26,28). The number of thiophene rings is 1. The number of fused-ring (bicyclic) bond motifs is 1. The van der Waals surface area contributed by atoms with E-state index in [0.29, 0.717) is 10.6 Å². The summed E-state index contributed by atoms with van der Waals surface area (Å²) in [5.41, 5.74) is 3.69. The van der Waals surface area contributed by atoms with E-state index in [-0.39, 0.29) is 12.5 Å². The molecule has 0 saturated heterocycles. The van der Waals surface area contributed by atoms with Gasteiger partial charge in [-0.2, -0.15) is 0 Å². The largest absolute Gasteiger partial charge is 0.454 e. The second kappa shape index (κ2) is 9.93. The lowest BCUT2D eigenvalue weighted by Crippen LogP contribution is -2.31. The molecule has 0 fully saturated rings. The first-order valence-electron chi connectivity index (χ1n) is 10.1. The van der Waals surface area contributed by atoms with Crippen LogP contribution in [0.1, 0.15) is 20.1 Å². The zero-order valence-electron chi connectivity index (χ0n) is 18.0. The van der Waals surface area contributed by atoms with Crippen LogP contribution in [0.5, 0.6) is 0 Å². The zero-order chi connectivity index (χ0) is 23.4. The molecule has 4 aromatic rings. The number of carbonyl (C=O) groups excluding carboxylic acids is 3. The van der Waals surface area contributed by atoms with E-state index in [0.717, 1.165) is 25.7 Å². The Morgan fingerprint density at radius 3 is 2.48 bits per heavy atom. The maximum Gasteiger partial charge on any atom is 0.325 e. The van der Waals surface area contributed by atoms with E-state index < -0.39 is 18.5 Å². The fraction of sp³-hybridized carbons (Fsp3) is 0.167. The molecule has 2 amide bonds. The Labute approximate surface area is 198 Å². The normalized spacial score (nSPS) is 10.7. The highest BCUT2D eigenvalue weighted by Gasteiger charge is 2.13. The molecule has 4 rings (SSSR count). The Morgan fingerprint density at radius 2 is 1.76 bits per heavy atom. The third kappa shape index (κ3) is 5.82. The van der Waals surface area contributed by atoms with Crippen LogP contribution in [-0.2, 0) is 14.3 Å². The minimum absolute atomic E-state index is 0.306. The summed E-state index contributed by atoms with van der Waals surface area (Å²) in [4.78, 5) is 42.0. The monoisotopic (exact) mass is 479 g/mol. The molecule has 2 aromatic carbocycles. The van der Waals surface area contributed by atoms with Crippen LogP contribution < -0.4 is 10.6 Å². The second-order valence-electron chi connectivity index (χ2n) is 7.37. The van der Waals surface area contributed by atoms with Crippen molar-refractivity contribution in [2.24, 2.45) is 0 Å². The van der Waals surface area contributed by atoms with Crippen molar-refractivity contribution in [1.82, 2.24) is 10.3 Å². The number of aryl methyl sites for hydroxylation is 2. The molecule has 2 N–H and O–H groups in total. The quantitative estimate of drug-likeness (QED) is 0.379. The predicted molar refractivity (Wildman–Crippen MR) is 131 cm³/mol. The molecule has 0 unspecified atom stereocenters. The number of carbonyl (C=O) groups is 3. The Bertz CT molecular complexity index is 1330. The summed E-state index contributed by atoms with van der Waals surface area (Å²) in [7, 11) is 0. The minimum atomic E-state index is -0.687. The molecule has 0 aliphatic rings. The smallest absolute Gasteiger partial charge is 0.325 e. The van der Waals surface area contributed by atoms with Crippen molar-refractivity contribution in [3.05, 3.63) is 69.9 Å². The molecule has 0 radical (unpaired) electrons. The van der Waals surface area contributed by atoms with Crippen molar-refractivity contribution < 1.29 is 19.1 Å². The molecule has 7 nitrogen and oxygen atoms in total. The summed E-state index contributed by atoms with van der Waals surface area (Å²) in [6.45, 7) is 3.20. The molecular formula is C24H21N3O4S2. The van der Waals surface area contributed by atoms with Gasteiger partial charge in [-0.1, -0.05) is 6.07 Å². The van der Waals surface area contributed by atoms with Crippen LogP contribution in [0.25, 0.3) is 20.8 Å². The fourth-order valence-electron chi connectivity index (χ4n) is 3.04. The van der Waals surface area contributed by atoms with Crippen LogP contribution in [-0.4, -0.2) is 35.9 Å². The number of rotatable bonds is 7. The number of esters is 1. The topological polar surface area (TPSA) is 97.4 Å². The fourth-order valence-corrected chi connectivity index (χ4v) is 4.89. The van der Waals surface area contributed by atoms with Gasteiger partial charge in [-0.25, -0.2) is 4.98 Å². The van der Waals surface area contributed by atoms with E-state index in [9.17, 15) is 14.4 Å². The summed E-state index contributed by atoms with van der Waals surface area (Å²) in [6.07, 6.45) is 0. The molecule has 0 atom stereocenters. The minimum Gasteiger partial charge on any atom is -0.454 e. The molecule has 33 heavy (non-hydrogen) atoms. The summed E-state index contributed by atoms with van der Waals surface area (Å²) >= 11 is 2.95. The summed E-state index contributed by atoms with van der Waals surface area (Å²) in [5.74, 6) is -1.50. The average molecular weight is 480 g/mol. The van der Waals surface area contributed by atoms with Crippen LogP contribution in [0.2, 0.25) is 0 Å². The maximum absolute atomic E-state index is 12.1. The van der Waals surface area contributed by atoms with Gasteiger partial charge in [-0.3, -0.25) is 14.4 Å². The van der Waals surface area contributed by atoms with Gasteiger partial charge in [0.1, 0.15) is 11.6 Å². The number of thiazole rings is 1. The molecule has 0 bridgehead atoms. The van der Waals surface area contributed by atoms with E-state index in [1.54, 1.807) is 29.5 Å². The lowest BCUT2D eigenvalue weighted by Gasteiger charge is -2.07. The van der Waals surface area contributed by atoms with Gasteiger partial charge >= 0.3 is 5.97 Å². The van der Waals surface area contributed by atoms with Gasteiger partial charge < -0.3 is 15.4 Å². The third-order valence-corrected chi connectivity index (χ3v) is 6.75. The first-order chi connectivity index (χ1) is 15.9. The molecule has 2 aromatic heterocycles. The Kier molecular flexibility index (Phi) is 6.81. The Hall–Kier alpha value is -3.56. The van der Waals surface area contributed by atoms with E-state index in [1.807, 2.05) is 37.3 Å². The highest BCUT2D eigenvalue weighted by atomic mass is 32.1. The van der Waals surface area contributed by atoms with Gasteiger partial charge in [0.25, 0.3) is 11.8 Å². The summed E-state index contributed by atoms with van der Waals surface area (Å²) < 4.78 is 6.06. The number of nitrogens with zero attached hydrogens (tertiary/aromatic N) is 1. The number of amides is 2. The van der Waals surface area contributed by atoms with Gasteiger partial charge in [0.15, 0.2) is 6.61 Å². The van der Waals surface area contributed by atoms with Crippen molar-refractivity contribution >= 4 is 56.4 Å². The molecule has 0 aliphatic heterocycles. The zero-order valence-corrected chi connectivity index (χ0v) is 19.6. The van der Waals surface area contributed by atoms with Gasteiger partial charge in [0.05, 0.1) is 15.1 Å². The number of hydrogen-bond donors (Lipinski definition) is 2. The lowest BCUT2D eigenvalue weighted by atomic mass is 10.2. The number of benzene rings is 2. The van der Waals surface area contributed by atoms with E-state index in [1.165, 1.54) is 16.9 Å². The van der Waals surface area contributed by atoms with Gasteiger partial charge in [0, 0.05) is 16.1 Å². The van der Waals surface area contributed by atoms with Crippen LogP contribution >= 0.6 is 22.7 Å². The first-order valence-corrected chi connectivity index (χ1v) is 11.8. The lowest BCUT2D eigenvalue weighted by molar-refractivity contribution is -0.146. The van der Waals surface area contributed by atoms with Gasteiger partial charge in [0.2, 0.25) is 0 Å². The van der Waals surface area contributed by atoms with Crippen molar-refractivity contribution in [3.8, 4) is 10.6 Å². The number of nitrogens with one attached hydrogen (secondary N) is 2. The number of aromatic nitrogens is 1. The van der Waals surface area contributed by atoms with Gasteiger partial charge in [-0.15, -0.1) is 22.7 Å². The van der Waals surface area contributed by atoms with Crippen LogP contribution in [0.15, 0.2) is 54.6 Å². The number of ether oxygens (including phenoxy) is 1. The molecule has 9 heteroatoms. The highest BCUT2D eigenvalue weighted by Crippen LogP contribution is 2.31. The predicted octanol–water partition coefficient (Wildman–Crippen LogP) is 4.55. The number of hydrogen-bond acceptors (Lipinski definition) is 7. The average Bonchev–Trinajstić information content (AvgIpc) is 3.42. The van der Waals surface area contributed by atoms with Crippen molar-refractivity contribution in [2.75, 3.05) is 18.5 Å². The third-order valence-electron chi connectivity index (χ3n) is 4.68. The van der Waals surface area contributed by atoms with Gasteiger partial charge in [-0.05, 0) is 67.9 Å². The van der Waals surface area contributed by atoms with Crippen molar-refractivity contribution in [1.29, 1.82) is 0 Å². The van der Waals surface area contributed by atoms with E-state index >= 15 is 0 Å². The summed E-state index contributed by atoms with van der Waals surface area (Å²) in [6, 6.07) is 17.0. The first kappa shape index (κ1) is 22.6. The van der Waals surface area contributed by atoms with Crippen molar-refractivity contribution in [2.45, 2.75) is 13.8 Å². The molecular weight excluding hydrogens is 458 g/mol. The summed E-state index contributed by atoms with van der Waals surface area (Å²) in [5, 5.41) is 6.07. The van der Waals surface area contributed by atoms with E-state index in [2.05, 4.69) is 28.6 Å². The van der Waals surface area contributed by atoms with Crippen LogP contribution in [0.3, 0.4) is 0 Å². The SMILES string of the molecule is Cc1ccc2nc(-c3ccc(NC(=O)COC(=O)CNC(=O)c4ccc(C)s4)cc3)sc2c1. The van der Waals surface area contributed by atoms with Crippen molar-refractivity contribution in [3.63, 3.8) is 0 Å². The maximum atomic E-state index is 12.1.